The van der Waals surface area contributed by atoms with Gasteiger partial charge in [-0.05, 0) is 44.5 Å². The maximum atomic E-state index is 12.3. The molecule has 3 N–H and O–H groups in total. The molecule has 3 rings (SSSR count). The third-order valence-electron chi connectivity index (χ3n) is 3.93. The number of nitrogens with zero attached hydrogens (tertiary/aromatic N) is 3. The Kier molecular flexibility index (Phi) is 4.64. The van der Waals surface area contributed by atoms with E-state index in [2.05, 4.69) is 36.1 Å². The van der Waals surface area contributed by atoms with E-state index in [4.69, 9.17) is 0 Å². The molecule has 134 valence electrons. The lowest BCUT2D eigenvalue weighted by molar-refractivity contribution is 0.430. The van der Waals surface area contributed by atoms with E-state index in [-0.39, 0.29) is 5.56 Å². The van der Waals surface area contributed by atoms with Crippen LogP contribution in [-0.2, 0) is 0 Å². The number of halogens is 1. The second-order valence-electron chi connectivity index (χ2n) is 5.80. The summed E-state index contributed by atoms with van der Waals surface area (Å²) < 4.78 is 1.88. The Morgan fingerprint density at radius 2 is 2.00 bits per heavy atom. The Labute approximate surface area is 156 Å². The van der Waals surface area contributed by atoms with Gasteiger partial charge < -0.3 is 5.11 Å². The second-order valence-corrected chi connectivity index (χ2v) is 6.72. The first-order valence-corrected chi connectivity index (χ1v) is 8.49. The smallest absolute Gasteiger partial charge is 0.335 e. The molecule has 0 unspecified atom stereocenters. The Bertz CT molecular complexity index is 1120. The van der Waals surface area contributed by atoms with E-state index in [0.29, 0.717) is 17.1 Å². The molecule has 0 saturated heterocycles. The van der Waals surface area contributed by atoms with Gasteiger partial charge in [-0.3, -0.25) is 19.9 Å². The van der Waals surface area contributed by atoms with Gasteiger partial charge in [-0.1, -0.05) is 15.9 Å². The van der Waals surface area contributed by atoms with Gasteiger partial charge in [0.1, 0.15) is 11.3 Å². The minimum atomic E-state index is -0.731. The van der Waals surface area contributed by atoms with Crippen molar-refractivity contribution in [1.29, 1.82) is 0 Å². The summed E-state index contributed by atoms with van der Waals surface area (Å²) in [5, 5.41) is 17.4. The average molecular weight is 418 g/mol. The molecule has 0 aliphatic carbocycles. The maximum absolute atomic E-state index is 12.3. The molecule has 0 spiro atoms. The summed E-state index contributed by atoms with van der Waals surface area (Å²) in [4.78, 5) is 30.9. The topological polar surface area (TPSA) is 116 Å². The average Bonchev–Trinajstić information content (AvgIpc) is 2.88. The zero-order chi connectivity index (χ0) is 19.0. The highest BCUT2D eigenvalue weighted by Gasteiger charge is 2.16. The molecule has 0 radical (unpaired) electrons. The minimum Gasteiger partial charge on any atom is -0.493 e. The van der Waals surface area contributed by atoms with Crippen molar-refractivity contribution in [1.82, 2.24) is 19.7 Å². The number of H-pyrrole nitrogens is 2. The fourth-order valence-corrected chi connectivity index (χ4v) is 3.09. The van der Waals surface area contributed by atoms with Gasteiger partial charge >= 0.3 is 5.69 Å². The number of rotatable bonds is 3. The highest BCUT2D eigenvalue weighted by atomic mass is 79.9. The standard InChI is InChI=1S/C17H16BrN5O3/c1-8-6-11(18)4-5-13(8)23-16(25)12(15(24)20-17(23)26)7-19-14-9(2)21-22-10(14)3/h4-7,25H,1-3H3,(H,21,22)(H,20,24,26). The Morgan fingerprint density at radius 3 is 2.62 bits per heavy atom. The Morgan fingerprint density at radius 1 is 1.27 bits per heavy atom. The van der Waals surface area contributed by atoms with Gasteiger partial charge in [-0.2, -0.15) is 5.10 Å². The van der Waals surface area contributed by atoms with Crippen LogP contribution in [0.2, 0.25) is 0 Å². The number of aromatic hydroxyl groups is 1. The second kappa shape index (κ2) is 6.75. The highest BCUT2D eigenvalue weighted by molar-refractivity contribution is 9.10. The minimum absolute atomic E-state index is 0.119. The summed E-state index contributed by atoms with van der Waals surface area (Å²) in [7, 11) is 0. The van der Waals surface area contributed by atoms with Crippen molar-refractivity contribution in [2.24, 2.45) is 4.99 Å². The predicted molar refractivity (Wildman–Crippen MR) is 102 cm³/mol. The molecule has 0 bridgehead atoms. The van der Waals surface area contributed by atoms with Crippen molar-refractivity contribution in [2.75, 3.05) is 0 Å². The van der Waals surface area contributed by atoms with Gasteiger partial charge in [0.25, 0.3) is 5.56 Å². The van der Waals surface area contributed by atoms with Gasteiger partial charge in [-0.15, -0.1) is 0 Å². The highest BCUT2D eigenvalue weighted by Crippen LogP contribution is 2.23. The van der Waals surface area contributed by atoms with E-state index in [1.165, 1.54) is 6.21 Å². The number of aromatic nitrogens is 4. The van der Waals surface area contributed by atoms with E-state index < -0.39 is 17.1 Å². The predicted octanol–water partition coefficient (Wildman–Crippen LogP) is 2.39. The molecule has 2 heterocycles. The van der Waals surface area contributed by atoms with Crippen molar-refractivity contribution in [3.8, 4) is 11.6 Å². The Balaban J connectivity index is 2.19. The lowest BCUT2D eigenvalue weighted by Crippen LogP contribution is -2.31. The Hall–Kier alpha value is -2.94. The molecule has 0 aliphatic heterocycles. The van der Waals surface area contributed by atoms with Crippen LogP contribution in [0.25, 0.3) is 5.69 Å². The molecule has 26 heavy (non-hydrogen) atoms. The van der Waals surface area contributed by atoms with Crippen LogP contribution in [0.15, 0.2) is 37.3 Å². The molecule has 0 atom stereocenters. The van der Waals surface area contributed by atoms with Crippen molar-refractivity contribution in [3.63, 3.8) is 0 Å². The van der Waals surface area contributed by atoms with Crippen LogP contribution in [0.4, 0.5) is 5.69 Å². The van der Waals surface area contributed by atoms with Crippen LogP contribution in [0.1, 0.15) is 22.5 Å². The first-order chi connectivity index (χ1) is 12.3. The number of benzene rings is 1. The van der Waals surface area contributed by atoms with E-state index in [9.17, 15) is 14.7 Å². The third-order valence-corrected chi connectivity index (χ3v) is 4.43. The van der Waals surface area contributed by atoms with Gasteiger partial charge in [-0.25, -0.2) is 9.36 Å². The molecular formula is C17H16BrN5O3. The SMILES string of the molecule is Cc1cc(Br)ccc1-n1c(O)c(C=Nc2c(C)n[nH]c2C)c(=O)[nH]c1=O. The third kappa shape index (κ3) is 3.13. The maximum Gasteiger partial charge on any atom is 0.335 e. The fourth-order valence-electron chi connectivity index (χ4n) is 2.61. The van der Waals surface area contributed by atoms with Crippen molar-refractivity contribution < 1.29 is 5.11 Å². The van der Waals surface area contributed by atoms with E-state index in [1.54, 1.807) is 39.0 Å². The van der Waals surface area contributed by atoms with Crippen molar-refractivity contribution in [2.45, 2.75) is 20.8 Å². The van der Waals surface area contributed by atoms with Gasteiger partial charge in [0, 0.05) is 10.7 Å². The summed E-state index contributed by atoms with van der Waals surface area (Å²) in [6.45, 7) is 5.36. The number of nitrogens with one attached hydrogen (secondary N) is 2. The molecule has 2 aromatic heterocycles. The zero-order valence-electron chi connectivity index (χ0n) is 14.3. The molecule has 9 heteroatoms. The molecule has 0 fully saturated rings. The first-order valence-electron chi connectivity index (χ1n) is 7.70. The van der Waals surface area contributed by atoms with Gasteiger partial charge in [0.15, 0.2) is 0 Å². The summed E-state index contributed by atoms with van der Waals surface area (Å²) in [6, 6.07) is 5.22. The van der Waals surface area contributed by atoms with Crippen LogP contribution in [0, 0.1) is 20.8 Å². The number of aryl methyl sites for hydroxylation is 3. The summed E-state index contributed by atoms with van der Waals surface area (Å²) in [5.41, 5.74) is 1.59. The first kappa shape index (κ1) is 17.9. The van der Waals surface area contributed by atoms with E-state index in [1.807, 2.05) is 0 Å². The van der Waals surface area contributed by atoms with Gasteiger partial charge in [0.05, 0.1) is 17.1 Å². The lowest BCUT2D eigenvalue weighted by atomic mass is 10.2. The normalized spacial score (nSPS) is 11.4. The molecule has 8 nitrogen and oxygen atoms in total. The molecule has 0 amide bonds. The molecule has 0 saturated carbocycles. The summed E-state index contributed by atoms with van der Waals surface area (Å²) in [6.07, 6.45) is 1.23. The number of aliphatic imine (C=N–C) groups is 1. The largest absolute Gasteiger partial charge is 0.493 e. The summed E-state index contributed by atoms with van der Waals surface area (Å²) in [5.74, 6) is -0.480. The van der Waals surface area contributed by atoms with E-state index in [0.717, 1.165) is 20.3 Å². The van der Waals surface area contributed by atoms with Gasteiger partial charge in [0.2, 0.25) is 5.88 Å². The van der Waals surface area contributed by atoms with Crippen LogP contribution in [-0.4, -0.2) is 31.1 Å². The number of hydrogen-bond donors (Lipinski definition) is 3. The van der Waals surface area contributed by atoms with Crippen LogP contribution >= 0.6 is 15.9 Å². The fraction of sp³-hybridized carbons (Fsp3) is 0.176. The molecule has 3 aromatic rings. The van der Waals surface area contributed by atoms with Crippen molar-refractivity contribution >= 4 is 27.8 Å². The molecule has 1 aromatic carbocycles. The number of hydrogen-bond acceptors (Lipinski definition) is 5. The van der Waals surface area contributed by atoms with Crippen molar-refractivity contribution in [3.05, 3.63) is 66.0 Å². The zero-order valence-corrected chi connectivity index (χ0v) is 15.9. The lowest BCUT2D eigenvalue weighted by Gasteiger charge is -2.12. The van der Waals surface area contributed by atoms with Crippen LogP contribution in [0.3, 0.4) is 0 Å². The molecular weight excluding hydrogens is 402 g/mol. The van der Waals surface area contributed by atoms with Crippen LogP contribution in [0.5, 0.6) is 5.88 Å². The molecule has 0 aliphatic rings. The monoisotopic (exact) mass is 417 g/mol. The van der Waals surface area contributed by atoms with E-state index >= 15 is 0 Å². The summed E-state index contributed by atoms with van der Waals surface area (Å²) >= 11 is 3.35. The quantitative estimate of drug-likeness (QED) is 0.567. The van der Waals surface area contributed by atoms with Crippen LogP contribution < -0.4 is 11.2 Å². The number of aromatic amines is 2.